The zero-order valence-electron chi connectivity index (χ0n) is 48.7. The maximum Gasteiger partial charge on any atom is 0.252 e. The zero-order valence-corrected chi connectivity index (χ0v) is 50.3. The Morgan fingerprint density at radius 1 is 0.318 bits per heavy atom. The summed E-state index contributed by atoms with van der Waals surface area (Å²) in [4.78, 5) is 2.72. The van der Waals surface area contributed by atoms with Crippen molar-refractivity contribution in [1.29, 1.82) is 0 Å². The second-order valence-electron chi connectivity index (χ2n) is 25.1. The molecule has 0 bridgehead atoms. The van der Waals surface area contributed by atoms with E-state index in [4.69, 9.17) is 0 Å². The lowest BCUT2D eigenvalue weighted by Gasteiger charge is -2.42. The Morgan fingerprint density at radius 2 is 0.864 bits per heavy atom. The van der Waals surface area contributed by atoms with Gasteiger partial charge in [-0.05, 0) is 146 Å². The van der Waals surface area contributed by atoms with Gasteiger partial charge in [-0.3, -0.25) is 0 Å². The van der Waals surface area contributed by atoms with E-state index in [1.807, 2.05) is 22.7 Å². The number of fused-ring (bicyclic) bond motifs is 16. The summed E-state index contributed by atoms with van der Waals surface area (Å²) in [7, 11) is 0. The van der Waals surface area contributed by atoms with Gasteiger partial charge in [0, 0.05) is 101 Å². The van der Waals surface area contributed by atoms with Gasteiger partial charge in [-0.2, -0.15) is 0 Å². The third-order valence-electron chi connectivity index (χ3n) is 19.2. The van der Waals surface area contributed by atoms with E-state index in [0.717, 1.165) is 22.5 Å². The Hall–Kier alpha value is -10.2. The van der Waals surface area contributed by atoms with Gasteiger partial charge in [0.25, 0.3) is 6.71 Å². The van der Waals surface area contributed by atoms with E-state index in [1.165, 1.54) is 156 Å². The van der Waals surface area contributed by atoms with Crippen LogP contribution in [-0.4, -0.2) is 15.8 Å². The highest BCUT2D eigenvalue weighted by Crippen LogP contribution is 2.53. The number of thiophene rings is 2. The van der Waals surface area contributed by atoms with Crippen LogP contribution < -0.4 is 21.3 Å². The highest BCUT2D eigenvalue weighted by Gasteiger charge is 2.44. The second kappa shape index (κ2) is 18.6. The zero-order chi connectivity index (χ0) is 58.1. The fraction of sp³-hybridized carbons (Fsp3) is 0.0488. The molecular weight excluding hydrogens is 1100 g/mol. The maximum atomic E-state index is 2.72. The van der Waals surface area contributed by atoms with Crippen LogP contribution in [0.2, 0.25) is 0 Å². The number of anilines is 3. The molecule has 0 N–H and O–H groups in total. The van der Waals surface area contributed by atoms with Crippen LogP contribution >= 0.6 is 22.7 Å². The molecule has 0 fully saturated rings. The quantitative estimate of drug-likeness (QED) is 0.151. The van der Waals surface area contributed by atoms with Gasteiger partial charge >= 0.3 is 0 Å². The summed E-state index contributed by atoms with van der Waals surface area (Å²) in [6, 6.07) is 104. The average Bonchev–Trinajstić information content (AvgIpc) is 1.25. The summed E-state index contributed by atoms with van der Waals surface area (Å²) in [5.74, 6) is 0. The predicted octanol–water partition coefficient (Wildman–Crippen LogP) is 21.2. The van der Waals surface area contributed by atoms with Crippen molar-refractivity contribution in [1.82, 2.24) is 9.13 Å². The van der Waals surface area contributed by atoms with Gasteiger partial charge in [0.1, 0.15) is 0 Å². The Labute approximate surface area is 517 Å². The Morgan fingerprint density at radius 3 is 1.55 bits per heavy atom. The first-order valence-corrected chi connectivity index (χ1v) is 32.2. The summed E-state index contributed by atoms with van der Waals surface area (Å²) in [6.07, 6.45) is 0. The number of hydrogen-bond acceptors (Lipinski definition) is 3. The van der Waals surface area contributed by atoms with Gasteiger partial charge in [0.05, 0.1) is 22.2 Å². The molecule has 2 aliphatic rings. The molecule has 0 aliphatic carbocycles. The van der Waals surface area contributed by atoms with E-state index in [-0.39, 0.29) is 12.1 Å². The van der Waals surface area contributed by atoms with Crippen LogP contribution in [0.1, 0.15) is 26.3 Å². The first-order chi connectivity index (χ1) is 43.3. The molecule has 13 aromatic carbocycles. The maximum absolute atomic E-state index is 2.72. The molecule has 6 heteroatoms. The molecule has 0 saturated heterocycles. The van der Waals surface area contributed by atoms with Gasteiger partial charge in [0.15, 0.2) is 0 Å². The fourth-order valence-corrected chi connectivity index (χ4v) is 17.4. The van der Waals surface area contributed by atoms with Crippen LogP contribution in [0.25, 0.3) is 140 Å². The Balaban J connectivity index is 0.976. The number of nitrogens with zero attached hydrogens (tertiary/aromatic N) is 3. The van der Waals surface area contributed by atoms with Crippen molar-refractivity contribution in [2.24, 2.45) is 0 Å². The van der Waals surface area contributed by atoms with Crippen LogP contribution in [-0.2, 0) is 5.41 Å². The van der Waals surface area contributed by atoms with E-state index in [1.54, 1.807) is 0 Å². The summed E-state index contributed by atoms with van der Waals surface area (Å²) >= 11 is 3.82. The first-order valence-electron chi connectivity index (χ1n) is 30.6. The largest absolute Gasteiger partial charge is 0.310 e. The molecule has 4 aromatic heterocycles. The fourth-order valence-electron chi connectivity index (χ4n) is 15.2. The third kappa shape index (κ3) is 7.25. The van der Waals surface area contributed by atoms with Crippen molar-refractivity contribution >= 4 is 147 Å². The smallest absolute Gasteiger partial charge is 0.252 e. The van der Waals surface area contributed by atoms with E-state index in [9.17, 15) is 0 Å². The van der Waals surface area contributed by atoms with E-state index in [0.29, 0.717) is 0 Å². The standard InChI is InChI=1S/C82H54BN3S2/c1-82(2,3)55-36-34-50(35-37-55)54-42-73-79-74(43-54)86(80-61(51-22-9-5-10-23-51)40-53(49-20-7-4-8-21-49)41-62(80)52-24-11-6-12-25-52)72-46-66-64-44-56(84-69-31-16-13-26-57(69)58-27-14-17-32-70(58)84)38-39-76(64)88-77(66)47-68(72)83(79)67-30-19-29-60-63-45-65-59-28-15-18-33-75(59)87-78(65)48-71(63)85(73)81(60)67/h4-48H,1-3H3. The minimum absolute atomic E-state index is 0.000379. The van der Waals surface area contributed by atoms with Crippen LogP contribution in [0.5, 0.6) is 0 Å². The van der Waals surface area contributed by atoms with Crippen molar-refractivity contribution in [3.63, 3.8) is 0 Å². The molecule has 6 heterocycles. The van der Waals surface area contributed by atoms with Crippen LogP contribution in [0.4, 0.5) is 17.1 Å². The monoisotopic (exact) mass is 1160 g/mol. The molecular formula is C82H54BN3S2. The lowest BCUT2D eigenvalue weighted by molar-refractivity contribution is 0.590. The summed E-state index contributed by atoms with van der Waals surface area (Å²) in [5, 5.41) is 10.2. The molecule has 0 saturated carbocycles. The lowest BCUT2D eigenvalue weighted by atomic mass is 9.33. The highest BCUT2D eigenvalue weighted by molar-refractivity contribution is 7.26. The van der Waals surface area contributed by atoms with Gasteiger partial charge in [0.2, 0.25) is 0 Å². The van der Waals surface area contributed by atoms with Gasteiger partial charge in [-0.25, -0.2) is 0 Å². The third-order valence-corrected chi connectivity index (χ3v) is 21.5. The number of aromatic nitrogens is 2. The molecule has 412 valence electrons. The van der Waals surface area contributed by atoms with Crippen molar-refractivity contribution in [3.05, 3.63) is 279 Å². The van der Waals surface area contributed by atoms with Crippen molar-refractivity contribution in [2.75, 3.05) is 4.90 Å². The van der Waals surface area contributed by atoms with Crippen molar-refractivity contribution in [2.45, 2.75) is 26.2 Å². The lowest BCUT2D eigenvalue weighted by Crippen LogP contribution is -2.60. The minimum atomic E-state index is -0.0947. The first kappa shape index (κ1) is 50.0. The predicted molar refractivity (Wildman–Crippen MR) is 381 cm³/mol. The molecule has 0 amide bonds. The summed E-state index contributed by atoms with van der Waals surface area (Å²) < 4.78 is 10.3. The molecule has 0 atom stereocenters. The van der Waals surface area contributed by atoms with E-state index in [2.05, 4.69) is 308 Å². The second-order valence-corrected chi connectivity index (χ2v) is 27.3. The van der Waals surface area contributed by atoms with Crippen LogP contribution in [0.15, 0.2) is 273 Å². The van der Waals surface area contributed by atoms with Gasteiger partial charge in [-0.1, -0.05) is 209 Å². The topological polar surface area (TPSA) is 13.1 Å². The molecule has 19 rings (SSSR count). The Bertz CT molecular complexity index is 5670. The Kier molecular flexibility index (Phi) is 10.6. The van der Waals surface area contributed by atoms with Gasteiger partial charge < -0.3 is 14.0 Å². The minimum Gasteiger partial charge on any atom is -0.310 e. The number of hydrogen-bond donors (Lipinski definition) is 0. The molecule has 17 aromatic rings. The average molecular weight is 1160 g/mol. The highest BCUT2D eigenvalue weighted by atomic mass is 32.1. The van der Waals surface area contributed by atoms with Crippen molar-refractivity contribution < 1.29 is 0 Å². The molecule has 0 unspecified atom stereocenters. The normalized spacial score (nSPS) is 12.9. The molecule has 3 nitrogen and oxygen atoms in total. The molecule has 2 aliphatic heterocycles. The molecule has 0 radical (unpaired) electrons. The summed E-state index contributed by atoms with van der Waals surface area (Å²) in [6.45, 7) is 6.84. The molecule has 0 spiro atoms. The van der Waals surface area contributed by atoms with Crippen LogP contribution in [0, 0.1) is 0 Å². The summed E-state index contributed by atoms with van der Waals surface area (Å²) in [5.41, 5.74) is 25.5. The van der Waals surface area contributed by atoms with Crippen LogP contribution in [0.3, 0.4) is 0 Å². The van der Waals surface area contributed by atoms with E-state index >= 15 is 0 Å². The van der Waals surface area contributed by atoms with E-state index < -0.39 is 0 Å². The SMILES string of the molecule is CC(C)(C)c1ccc(-c2cc3c4c(c2)-n2c5cc6sc7ccccc7c6cc5c5cccc(c52)B4c2cc4sc5ccc(-n6c7ccccc7c7ccccc76)cc5c4cc2N3c2c(-c3ccccc3)cc(-c3ccccc3)cc2-c2ccccc2)cc1. The number of benzene rings is 13. The van der Waals surface area contributed by atoms with Gasteiger partial charge in [-0.15, -0.1) is 22.7 Å². The molecule has 88 heavy (non-hydrogen) atoms. The number of rotatable bonds is 6. The van der Waals surface area contributed by atoms with Crippen molar-refractivity contribution in [3.8, 4) is 55.9 Å². The number of para-hydroxylation sites is 3.